The number of amides is 1. The summed E-state index contributed by atoms with van der Waals surface area (Å²) in [6.07, 6.45) is -6.15. The standard InChI is InChI=1S/C25H23F5N8O3S/c1-22(2,9-13(39)40)12-10-42-21(33-12)23(3)14-16(31)34-18(35-17(14)36-20(23)41)15-11-5-4-7-32-19(11)38(37-15)8-6-24(26,27)25(28,29)30/h4-5,7,10H,6,8-9H2,1-3H3,(H,39,40)(H3,31,34,35,36,41). The number of carbonyl (C=O) groups is 2. The number of carboxylic acids is 1. The van der Waals surface area contributed by atoms with E-state index in [1.807, 2.05) is 0 Å². The summed E-state index contributed by atoms with van der Waals surface area (Å²) in [6, 6.07) is 3.04. The molecule has 1 atom stereocenters. The summed E-state index contributed by atoms with van der Waals surface area (Å²) < 4.78 is 66.3. The van der Waals surface area contributed by atoms with E-state index in [-0.39, 0.29) is 46.2 Å². The molecule has 1 aliphatic heterocycles. The van der Waals surface area contributed by atoms with E-state index in [1.165, 1.54) is 18.3 Å². The molecule has 4 aromatic rings. The van der Waals surface area contributed by atoms with E-state index >= 15 is 0 Å². The molecule has 42 heavy (non-hydrogen) atoms. The number of hydrogen-bond donors (Lipinski definition) is 3. The van der Waals surface area contributed by atoms with Crippen LogP contribution in [0.4, 0.5) is 33.6 Å². The number of aryl methyl sites for hydroxylation is 1. The number of pyridine rings is 1. The quantitative estimate of drug-likeness (QED) is 0.244. The third kappa shape index (κ3) is 4.70. The number of aliphatic carboxylic acids is 1. The maximum Gasteiger partial charge on any atom is 0.453 e. The number of rotatable bonds is 8. The fourth-order valence-electron chi connectivity index (χ4n) is 4.72. The molecule has 0 fully saturated rings. The molecule has 0 radical (unpaired) electrons. The molecule has 5 rings (SSSR count). The summed E-state index contributed by atoms with van der Waals surface area (Å²) in [5.41, 5.74) is 4.83. The van der Waals surface area contributed by atoms with Gasteiger partial charge < -0.3 is 16.2 Å². The first-order chi connectivity index (χ1) is 19.5. The Morgan fingerprint density at radius 3 is 2.57 bits per heavy atom. The van der Waals surface area contributed by atoms with Crippen molar-refractivity contribution in [2.24, 2.45) is 0 Å². The van der Waals surface area contributed by atoms with Crippen LogP contribution in [0.5, 0.6) is 0 Å². The van der Waals surface area contributed by atoms with Gasteiger partial charge in [-0.2, -0.15) is 27.1 Å². The van der Waals surface area contributed by atoms with Crippen LogP contribution in [0.15, 0.2) is 23.7 Å². The number of fused-ring (bicyclic) bond motifs is 2. The first-order valence-electron chi connectivity index (χ1n) is 12.4. The zero-order chi connectivity index (χ0) is 30.8. The molecule has 0 saturated carbocycles. The van der Waals surface area contributed by atoms with Gasteiger partial charge in [-0.05, 0) is 19.1 Å². The van der Waals surface area contributed by atoms with Crippen molar-refractivity contribution in [3.63, 3.8) is 0 Å². The molecule has 1 amide bonds. The van der Waals surface area contributed by atoms with E-state index in [4.69, 9.17) is 5.73 Å². The van der Waals surface area contributed by atoms with Crippen LogP contribution in [0.1, 0.15) is 49.9 Å². The highest BCUT2D eigenvalue weighted by Gasteiger charge is 2.57. The molecule has 0 saturated heterocycles. The minimum Gasteiger partial charge on any atom is -0.481 e. The second-order valence-corrected chi connectivity index (χ2v) is 11.5. The lowest BCUT2D eigenvalue weighted by Crippen LogP contribution is -2.37. The lowest BCUT2D eigenvalue weighted by molar-refractivity contribution is -0.285. The maximum absolute atomic E-state index is 13.6. The average Bonchev–Trinajstić information content (AvgIpc) is 3.58. The first kappa shape index (κ1) is 29.2. The predicted molar refractivity (Wildman–Crippen MR) is 141 cm³/mol. The van der Waals surface area contributed by atoms with E-state index in [0.717, 1.165) is 16.0 Å². The molecule has 4 N–H and O–H groups in total. The zero-order valence-corrected chi connectivity index (χ0v) is 23.1. The Balaban J connectivity index is 1.54. The van der Waals surface area contributed by atoms with E-state index in [0.29, 0.717) is 10.7 Å². The normalized spacial score (nSPS) is 17.5. The molecule has 4 aromatic heterocycles. The van der Waals surface area contributed by atoms with Gasteiger partial charge in [0.15, 0.2) is 11.5 Å². The van der Waals surface area contributed by atoms with Crippen LogP contribution < -0.4 is 11.1 Å². The number of hydrogen-bond acceptors (Lipinski definition) is 9. The molecule has 1 unspecified atom stereocenters. The summed E-state index contributed by atoms with van der Waals surface area (Å²) in [4.78, 5) is 42.0. The van der Waals surface area contributed by atoms with Gasteiger partial charge in [0.1, 0.15) is 27.8 Å². The van der Waals surface area contributed by atoms with E-state index in [1.54, 1.807) is 26.2 Å². The molecule has 222 valence electrons. The van der Waals surface area contributed by atoms with Gasteiger partial charge in [-0.15, -0.1) is 11.3 Å². The molecule has 0 aromatic carbocycles. The van der Waals surface area contributed by atoms with Gasteiger partial charge >= 0.3 is 18.1 Å². The topological polar surface area (TPSA) is 162 Å². The Morgan fingerprint density at radius 2 is 1.90 bits per heavy atom. The van der Waals surface area contributed by atoms with Crippen LogP contribution in [-0.4, -0.2) is 58.8 Å². The van der Waals surface area contributed by atoms with Crippen LogP contribution in [0.25, 0.3) is 22.6 Å². The monoisotopic (exact) mass is 610 g/mol. The SMILES string of the molecule is CC(C)(CC(=O)O)c1csc(C2(C)C(=O)Nc3nc(-c4nn(CCC(F)(F)C(F)(F)F)c5ncccc45)nc(N)c32)n1. The Bertz CT molecular complexity index is 1730. The van der Waals surface area contributed by atoms with Crippen molar-refractivity contribution in [3.8, 4) is 11.5 Å². The van der Waals surface area contributed by atoms with Gasteiger partial charge in [0.25, 0.3) is 0 Å². The van der Waals surface area contributed by atoms with Gasteiger partial charge in [-0.1, -0.05) is 13.8 Å². The molecule has 1 aliphatic rings. The molecule has 0 aliphatic carbocycles. The number of carbonyl (C=O) groups excluding carboxylic acids is 1. The first-order valence-corrected chi connectivity index (χ1v) is 13.3. The van der Waals surface area contributed by atoms with Crippen LogP contribution >= 0.6 is 11.3 Å². The molecule has 0 bridgehead atoms. The van der Waals surface area contributed by atoms with Crippen molar-refractivity contribution in [2.45, 2.75) is 63.1 Å². The Hall–Kier alpha value is -4.28. The molecule has 0 spiro atoms. The van der Waals surface area contributed by atoms with Crippen LogP contribution in [0, 0.1) is 0 Å². The van der Waals surface area contributed by atoms with Gasteiger partial charge in [0.05, 0.1) is 23.1 Å². The average molecular weight is 611 g/mol. The van der Waals surface area contributed by atoms with E-state index < -0.39 is 47.8 Å². The smallest absolute Gasteiger partial charge is 0.453 e. The van der Waals surface area contributed by atoms with Crippen molar-refractivity contribution in [1.82, 2.24) is 29.7 Å². The molecular formula is C25H23F5N8O3S. The predicted octanol–water partition coefficient (Wildman–Crippen LogP) is 4.53. The molecule has 11 nitrogen and oxygen atoms in total. The van der Waals surface area contributed by atoms with Crippen molar-refractivity contribution in [2.75, 3.05) is 11.1 Å². The van der Waals surface area contributed by atoms with E-state index in [9.17, 15) is 36.6 Å². The highest BCUT2D eigenvalue weighted by molar-refractivity contribution is 7.10. The Morgan fingerprint density at radius 1 is 1.19 bits per heavy atom. The van der Waals surface area contributed by atoms with Crippen LogP contribution in [-0.2, 0) is 27.0 Å². The van der Waals surface area contributed by atoms with Crippen molar-refractivity contribution >= 4 is 45.9 Å². The zero-order valence-electron chi connectivity index (χ0n) is 22.3. The number of nitrogen functional groups attached to an aromatic ring is 1. The number of aromatic nitrogens is 6. The lowest BCUT2D eigenvalue weighted by Gasteiger charge is -2.22. The number of alkyl halides is 5. The number of thiazole rings is 1. The number of nitrogens with one attached hydrogen (secondary N) is 1. The minimum absolute atomic E-state index is 0.0118. The van der Waals surface area contributed by atoms with Gasteiger partial charge in [0.2, 0.25) is 5.91 Å². The van der Waals surface area contributed by atoms with Crippen molar-refractivity contribution in [1.29, 1.82) is 0 Å². The van der Waals surface area contributed by atoms with Crippen LogP contribution in [0.3, 0.4) is 0 Å². The summed E-state index contributed by atoms with van der Waals surface area (Å²) in [6.45, 7) is 4.21. The molecule has 5 heterocycles. The third-order valence-electron chi connectivity index (χ3n) is 7.11. The Kier molecular flexibility index (Phi) is 6.71. The van der Waals surface area contributed by atoms with E-state index in [2.05, 4.69) is 30.4 Å². The van der Waals surface area contributed by atoms with Gasteiger partial charge in [-0.25, -0.2) is 24.6 Å². The largest absolute Gasteiger partial charge is 0.481 e. The molecular weight excluding hydrogens is 587 g/mol. The third-order valence-corrected chi connectivity index (χ3v) is 8.18. The molecule has 17 heteroatoms. The second-order valence-electron chi connectivity index (χ2n) is 10.6. The summed E-state index contributed by atoms with van der Waals surface area (Å²) >= 11 is 1.15. The number of nitrogens with two attached hydrogens (primary N) is 1. The number of anilines is 2. The maximum atomic E-state index is 13.6. The number of nitrogens with zero attached hydrogens (tertiary/aromatic N) is 6. The fourth-order valence-corrected chi connectivity index (χ4v) is 5.90. The highest BCUT2D eigenvalue weighted by atomic mass is 32.1. The fraction of sp³-hybridized carbons (Fsp3) is 0.400. The van der Waals surface area contributed by atoms with Crippen molar-refractivity contribution in [3.05, 3.63) is 40.0 Å². The number of halogens is 5. The Labute approximate surface area is 238 Å². The van der Waals surface area contributed by atoms with Gasteiger partial charge in [0, 0.05) is 30.0 Å². The van der Waals surface area contributed by atoms with Crippen LogP contribution in [0.2, 0.25) is 0 Å². The lowest BCUT2D eigenvalue weighted by atomic mass is 9.84. The highest BCUT2D eigenvalue weighted by Crippen LogP contribution is 2.47. The summed E-state index contributed by atoms with van der Waals surface area (Å²) in [7, 11) is 0. The second kappa shape index (κ2) is 9.64. The minimum atomic E-state index is -5.72. The van der Waals surface area contributed by atoms with Crippen molar-refractivity contribution < 1.29 is 36.6 Å². The number of carboxylic acid groups (broad SMARTS) is 1. The summed E-state index contributed by atoms with van der Waals surface area (Å²) in [5.74, 6) is -6.65. The summed E-state index contributed by atoms with van der Waals surface area (Å²) in [5, 5.41) is 18.4. The van der Waals surface area contributed by atoms with Gasteiger partial charge in [-0.3, -0.25) is 9.59 Å².